The second kappa shape index (κ2) is 12.4. The first-order valence-electron chi connectivity index (χ1n) is 11.8. The summed E-state index contributed by atoms with van der Waals surface area (Å²) in [5.41, 5.74) is 2.32. The van der Waals surface area contributed by atoms with Gasteiger partial charge in [-0.3, -0.25) is 9.69 Å². The molecule has 7 heteroatoms. The van der Waals surface area contributed by atoms with Crippen LogP contribution in [0.5, 0.6) is 5.75 Å². The quantitative estimate of drug-likeness (QED) is 0.327. The van der Waals surface area contributed by atoms with Gasteiger partial charge in [-0.2, -0.15) is 0 Å². The minimum absolute atomic E-state index is 0.147. The standard InChI is InChI=1S/C26H36FN3O3/c1-4-8-23(24(5-2)32-3)30-15-13-29(14-16-30)12-7-6-11-28-26(31)21-17-20-18-22(27)9-10-25(20)33-19-21/h4,8-10,17-18H,5-7,11-16,19H2,1-3H3,(H,28,31)/b8-4-,24-23-. The number of hydrogen-bond donors (Lipinski definition) is 1. The minimum atomic E-state index is -0.338. The summed E-state index contributed by atoms with van der Waals surface area (Å²) < 4.78 is 24.6. The Kier molecular flexibility index (Phi) is 9.36. The van der Waals surface area contributed by atoms with Crippen LogP contribution in [-0.4, -0.2) is 68.7 Å². The van der Waals surface area contributed by atoms with Gasteiger partial charge in [0.1, 0.15) is 23.9 Å². The molecule has 1 aromatic carbocycles. The van der Waals surface area contributed by atoms with Gasteiger partial charge in [0, 0.05) is 44.7 Å². The number of methoxy groups -OCH3 is 1. The molecule has 1 aromatic rings. The Bertz CT molecular complexity index is 896. The summed E-state index contributed by atoms with van der Waals surface area (Å²) in [5.74, 6) is 1.15. The maximum atomic E-state index is 13.4. The van der Waals surface area contributed by atoms with Gasteiger partial charge in [0.2, 0.25) is 0 Å². The highest BCUT2D eigenvalue weighted by molar-refractivity contribution is 5.99. The van der Waals surface area contributed by atoms with Crippen LogP contribution in [0.25, 0.3) is 6.08 Å². The first kappa shape index (κ1) is 24.8. The van der Waals surface area contributed by atoms with Crippen LogP contribution in [0.4, 0.5) is 4.39 Å². The van der Waals surface area contributed by atoms with Crippen LogP contribution in [0.1, 0.15) is 38.7 Å². The number of benzene rings is 1. The second-order valence-corrected chi connectivity index (χ2v) is 8.30. The number of carbonyl (C=O) groups is 1. The van der Waals surface area contributed by atoms with Crippen LogP contribution >= 0.6 is 0 Å². The number of rotatable bonds is 10. The van der Waals surface area contributed by atoms with Crippen molar-refractivity contribution < 1.29 is 18.7 Å². The Hall–Kier alpha value is -2.80. The largest absolute Gasteiger partial charge is 0.499 e. The fourth-order valence-electron chi connectivity index (χ4n) is 4.23. The maximum absolute atomic E-state index is 13.4. The SMILES string of the molecule is C/C=C\C(=C(/CC)OC)N1CCN(CCCCNC(=O)C2=Cc3cc(F)ccc3OC2)CC1. The molecular weight excluding hydrogens is 421 g/mol. The van der Waals surface area contributed by atoms with Crippen molar-refractivity contribution in [1.29, 1.82) is 0 Å². The predicted molar refractivity (Wildman–Crippen MR) is 129 cm³/mol. The Balaban J connectivity index is 1.37. The monoisotopic (exact) mass is 457 g/mol. The first-order valence-corrected chi connectivity index (χ1v) is 11.8. The van der Waals surface area contributed by atoms with E-state index in [1.807, 2.05) is 6.92 Å². The number of allylic oxidation sites excluding steroid dienone is 3. The van der Waals surface area contributed by atoms with E-state index in [1.165, 1.54) is 17.8 Å². The van der Waals surface area contributed by atoms with Crippen molar-refractivity contribution in [1.82, 2.24) is 15.1 Å². The Morgan fingerprint density at radius 2 is 2.03 bits per heavy atom. The maximum Gasteiger partial charge on any atom is 0.250 e. The van der Waals surface area contributed by atoms with Crippen LogP contribution < -0.4 is 10.1 Å². The van der Waals surface area contributed by atoms with Crippen molar-refractivity contribution in [3.05, 3.63) is 58.8 Å². The molecule has 2 aliphatic rings. The number of amides is 1. The normalized spacial score (nSPS) is 17.2. The van der Waals surface area contributed by atoms with Crippen molar-refractivity contribution in [2.45, 2.75) is 33.1 Å². The number of nitrogens with one attached hydrogen (secondary N) is 1. The van der Waals surface area contributed by atoms with Crippen LogP contribution in [0.2, 0.25) is 0 Å². The van der Waals surface area contributed by atoms with Crippen molar-refractivity contribution in [2.24, 2.45) is 0 Å². The first-order chi connectivity index (χ1) is 16.0. The molecule has 1 fully saturated rings. The third-order valence-corrected chi connectivity index (χ3v) is 6.05. The van der Waals surface area contributed by atoms with E-state index in [4.69, 9.17) is 9.47 Å². The van der Waals surface area contributed by atoms with Crippen LogP contribution in [0.15, 0.2) is 47.4 Å². The van der Waals surface area contributed by atoms with E-state index in [0.29, 0.717) is 23.4 Å². The highest BCUT2D eigenvalue weighted by atomic mass is 19.1. The van der Waals surface area contributed by atoms with Crippen molar-refractivity contribution in [3.8, 4) is 5.75 Å². The van der Waals surface area contributed by atoms with E-state index in [1.54, 1.807) is 19.3 Å². The molecule has 0 atom stereocenters. The van der Waals surface area contributed by atoms with Gasteiger partial charge in [0.05, 0.1) is 18.4 Å². The Labute approximate surface area is 196 Å². The molecule has 0 radical (unpaired) electrons. The minimum Gasteiger partial charge on any atom is -0.499 e. The van der Waals surface area contributed by atoms with Gasteiger partial charge in [-0.1, -0.05) is 13.0 Å². The van der Waals surface area contributed by atoms with E-state index >= 15 is 0 Å². The average molecular weight is 458 g/mol. The van der Waals surface area contributed by atoms with E-state index in [-0.39, 0.29) is 18.3 Å². The molecule has 1 saturated heterocycles. The summed E-state index contributed by atoms with van der Waals surface area (Å²) in [6.45, 7) is 10.0. The lowest BCUT2D eigenvalue weighted by atomic mass is 10.1. The highest BCUT2D eigenvalue weighted by Gasteiger charge is 2.20. The second-order valence-electron chi connectivity index (χ2n) is 8.30. The molecule has 0 unspecified atom stereocenters. The summed E-state index contributed by atoms with van der Waals surface area (Å²) >= 11 is 0. The van der Waals surface area contributed by atoms with Crippen molar-refractivity contribution in [3.63, 3.8) is 0 Å². The molecule has 3 rings (SSSR count). The zero-order valence-electron chi connectivity index (χ0n) is 20.0. The summed E-state index contributed by atoms with van der Waals surface area (Å²) in [5, 5.41) is 2.96. The van der Waals surface area contributed by atoms with Crippen molar-refractivity contribution >= 4 is 12.0 Å². The number of nitrogens with zero attached hydrogens (tertiary/aromatic N) is 2. The lowest BCUT2D eigenvalue weighted by Gasteiger charge is -2.37. The third kappa shape index (κ3) is 6.84. The van der Waals surface area contributed by atoms with Gasteiger partial charge in [-0.15, -0.1) is 0 Å². The molecule has 0 spiro atoms. The van der Waals surface area contributed by atoms with Crippen LogP contribution in [-0.2, 0) is 9.53 Å². The van der Waals surface area contributed by atoms with Gasteiger partial charge in [0.15, 0.2) is 0 Å². The molecule has 1 amide bonds. The Morgan fingerprint density at radius 3 is 2.73 bits per heavy atom. The van der Waals surface area contributed by atoms with Crippen molar-refractivity contribution in [2.75, 3.05) is 53.0 Å². The zero-order valence-corrected chi connectivity index (χ0v) is 20.0. The lowest BCUT2D eigenvalue weighted by molar-refractivity contribution is -0.117. The fourth-order valence-corrected chi connectivity index (χ4v) is 4.23. The molecule has 0 aromatic heterocycles. The summed E-state index contributed by atoms with van der Waals surface area (Å²) in [4.78, 5) is 17.3. The number of carbonyl (C=O) groups excluding carboxylic acids is 1. The molecule has 2 heterocycles. The van der Waals surface area contributed by atoms with Crippen LogP contribution in [0.3, 0.4) is 0 Å². The zero-order chi connectivity index (χ0) is 23.6. The van der Waals surface area contributed by atoms with Gasteiger partial charge in [-0.25, -0.2) is 4.39 Å². The van der Waals surface area contributed by atoms with Gasteiger partial charge in [0.25, 0.3) is 5.91 Å². The molecule has 0 aliphatic carbocycles. The number of hydrogen-bond acceptors (Lipinski definition) is 5. The van der Waals surface area contributed by atoms with Gasteiger partial charge < -0.3 is 19.7 Å². The highest BCUT2D eigenvalue weighted by Crippen LogP contribution is 2.27. The Morgan fingerprint density at radius 1 is 1.24 bits per heavy atom. The molecule has 1 N–H and O–H groups in total. The summed E-state index contributed by atoms with van der Waals surface area (Å²) in [6.07, 6.45) is 8.74. The fraction of sp³-hybridized carbons (Fsp3) is 0.500. The number of halogens is 1. The molecule has 6 nitrogen and oxygen atoms in total. The van der Waals surface area contributed by atoms with Gasteiger partial charge in [-0.05, 0) is 56.7 Å². The van der Waals surface area contributed by atoms with E-state index in [9.17, 15) is 9.18 Å². The molecule has 180 valence electrons. The van der Waals surface area contributed by atoms with E-state index in [2.05, 4.69) is 34.2 Å². The number of fused-ring (bicyclic) bond motifs is 1. The molecular formula is C26H36FN3O3. The summed E-state index contributed by atoms with van der Waals surface area (Å²) in [7, 11) is 1.74. The van der Waals surface area contributed by atoms with E-state index < -0.39 is 0 Å². The number of ether oxygens (including phenoxy) is 2. The summed E-state index contributed by atoms with van der Waals surface area (Å²) in [6, 6.07) is 4.34. The van der Waals surface area contributed by atoms with Crippen LogP contribution in [0, 0.1) is 5.82 Å². The number of unbranched alkanes of at least 4 members (excludes halogenated alkanes) is 1. The molecule has 0 bridgehead atoms. The van der Waals surface area contributed by atoms with E-state index in [0.717, 1.165) is 57.7 Å². The number of piperazine rings is 1. The molecule has 2 aliphatic heterocycles. The smallest absolute Gasteiger partial charge is 0.250 e. The van der Waals surface area contributed by atoms with Gasteiger partial charge >= 0.3 is 0 Å². The predicted octanol–water partition coefficient (Wildman–Crippen LogP) is 3.96. The third-order valence-electron chi connectivity index (χ3n) is 6.05. The lowest BCUT2D eigenvalue weighted by Crippen LogP contribution is -2.46. The average Bonchev–Trinajstić information content (AvgIpc) is 2.84. The molecule has 33 heavy (non-hydrogen) atoms. The molecule has 0 saturated carbocycles. The topological polar surface area (TPSA) is 54.0 Å².